The largest absolute Gasteiger partial charge is 0.364 e. The number of aromatic nitrogens is 2. The minimum absolute atomic E-state index is 0.100. The third-order valence-electron chi connectivity index (χ3n) is 3.00. The molecule has 0 radical (unpaired) electrons. The molecular formula is C17H21ClN4O. The fourth-order valence-corrected chi connectivity index (χ4v) is 2.08. The van der Waals surface area contributed by atoms with E-state index in [1.165, 1.54) is 6.20 Å². The lowest BCUT2D eigenvalue weighted by molar-refractivity contribution is 0.0949. The summed E-state index contributed by atoms with van der Waals surface area (Å²) in [6.45, 7) is 6.63. The summed E-state index contributed by atoms with van der Waals surface area (Å²) in [4.78, 5) is 20.4. The molecule has 23 heavy (non-hydrogen) atoms. The van der Waals surface area contributed by atoms with Gasteiger partial charge in [0.05, 0.1) is 12.4 Å². The quantitative estimate of drug-likeness (QED) is 0.881. The number of carbonyl (C=O) groups is 1. The van der Waals surface area contributed by atoms with Crippen molar-refractivity contribution in [3.63, 3.8) is 0 Å². The molecule has 0 atom stereocenters. The van der Waals surface area contributed by atoms with Gasteiger partial charge in [0.2, 0.25) is 0 Å². The summed E-state index contributed by atoms with van der Waals surface area (Å²) in [6, 6.07) is 7.57. The fraction of sp³-hybridized carbons (Fsp3) is 0.353. The molecule has 6 heteroatoms. The van der Waals surface area contributed by atoms with E-state index in [4.69, 9.17) is 11.6 Å². The summed E-state index contributed by atoms with van der Waals surface area (Å²) in [7, 11) is 0. The van der Waals surface area contributed by atoms with Crippen LogP contribution in [0.4, 0.5) is 5.82 Å². The number of benzene rings is 1. The standard InChI is InChI=1S/C17H21ClN4O/c1-17(2,3)22-15-11-20-14(10-21-15)16(23)19-9-8-12-4-6-13(18)7-5-12/h4-7,10-11H,8-9H2,1-3H3,(H,19,23)(H,21,22). The first-order chi connectivity index (χ1) is 10.8. The molecule has 0 saturated heterocycles. The normalized spacial score (nSPS) is 11.1. The van der Waals surface area contributed by atoms with Gasteiger partial charge >= 0.3 is 0 Å². The van der Waals surface area contributed by atoms with E-state index >= 15 is 0 Å². The summed E-state index contributed by atoms with van der Waals surface area (Å²) < 4.78 is 0. The van der Waals surface area contributed by atoms with Gasteiger partial charge in [-0.05, 0) is 44.9 Å². The van der Waals surface area contributed by atoms with Gasteiger partial charge in [0.25, 0.3) is 5.91 Å². The van der Waals surface area contributed by atoms with Crippen molar-refractivity contribution in [2.24, 2.45) is 0 Å². The van der Waals surface area contributed by atoms with Crippen LogP contribution in [0.3, 0.4) is 0 Å². The van der Waals surface area contributed by atoms with E-state index in [0.717, 1.165) is 12.0 Å². The number of anilines is 1. The smallest absolute Gasteiger partial charge is 0.271 e. The van der Waals surface area contributed by atoms with E-state index in [0.29, 0.717) is 23.1 Å². The summed E-state index contributed by atoms with van der Waals surface area (Å²) in [5, 5.41) is 6.74. The highest BCUT2D eigenvalue weighted by molar-refractivity contribution is 6.30. The monoisotopic (exact) mass is 332 g/mol. The van der Waals surface area contributed by atoms with E-state index in [9.17, 15) is 4.79 Å². The van der Waals surface area contributed by atoms with Crippen LogP contribution in [-0.4, -0.2) is 28.0 Å². The molecule has 0 spiro atoms. The molecular weight excluding hydrogens is 312 g/mol. The van der Waals surface area contributed by atoms with Gasteiger partial charge in [-0.3, -0.25) is 4.79 Å². The maximum absolute atomic E-state index is 12.0. The average molecular weight is 333 g/mol. The summed E-state index contributed by atoms with van der Waals surface area (Å²) in [6.07, 6.45) is 3.78. The molecule has 0 aliphatic heterocycles. The van der Waals surface area contributed by atoms with Gasteiger partial charge in [0.1, 0.15) is 11.5 Å². The van der Waals surface area contributed by atoms with E-state index in [1.807, 2.05) is 45.0 Å². The molecule has 2 aromatic rings. The Kier molecular flexibility index (Phi) is 5.55. The second kappa shape index (κ2) is 7.42. The van der Waals surface area contributed by atoms with Crippen LogP contribution in [0.25, 0.3) is 0 Å². The third kappa shape index (κ3) is 5.87. The highest BCUT2D eigenvalue weighted by Gasteiger charge is 2.12. The highest BCUT2D eigenvalue weighted by Crippen LogP contribution is 2.11. The van der Waals surface area contributed by atoms with E-state index in [-0.39, 0.29) is 11.4 Å². The Labute approximate surface area is 141 Å². The number of amides is 1. The molecule has 0 bridgehead atoms. The van der Waals surface area contributed by atoms with Gasteiger partial charge in [-0.1, -0.05) is 23.7 Å². The van der Waals surface area contributed by atoms with Gasteiger partial charge < -0.3 is 10.6 Å². The summed E-state index contributed by atoms with van der Waals surface area (Å²) >= 11 is 5.84. The van der Waals surface area contributed by atoms with Gasteiger partial charge in [-0.15, -0.1) is 0 Å². The topological polar surface area (TPSA) is 66.9 Å². The molecule has 1 aromatic heterocycles. The number of halogens is 1. The first-order valence-corrected chi connectivity index (χ1v) is 7.84. The number of rotatable bonds is 5. The van der Waals surface area contributed by atoms with Crippen LogP contribution in [0, 0.1) is 0 Å². The van der Waals surface area contributed by atoms with Crippen molar-refractivity contribution in [1.29, 1.82) is 0 Å². The van der Waals surface area contributed by atoms with Crippen LogP contribution in [0.2, 0.25) is 5.02 Å². The van der Waals surface area contributed by atoms with E-state index in [1.54, 1.807) is 6.20 Å². The van der Waals surface area contributed by atoms with Crippen molar-refractivity contribution in [1.82, 2.24) is 15.3 Å². The van der Waals surface area contributed by atoms with Crippen molar-refractivity contribution in [3.8, 4) is 0 Å². The van der Waals surface area contributed by atoms with Crippen molar-refractivity contribution in [3.05, 3.63) is 52.9 Å². The third-order valence-corrected chi connectivity index (χ3v) is 3.25. The molecule has 0 fully saturated rings. The van der Waals surface area contributed by atoms with Crippen molar-refractivity contribution < 1.29 is 4.79 Å². The van der Waals surface area contributed by atoms with Crippen LogP contribution in [0.15, 0.2) is 36.7 Å². The zero-order chi connectivity index (χ0) is 16.9. The predicted octanol–water partition coefficient (Wildman–Crippen LogP) is 3.31. The second-order valence-corrected chi connectivity index (χ2v) is 6.73. The zero-order valence-corrected chi connectivity index (χ0v) is 14.3. The van der Waals surface area contributed by atoms with E-state index < -0.39 is 0 Å². The predicted molar refractivity (Wildman–Crippen MR) is 92.9 cm³/mol. The Hall–Kier alpha value is -2.14. The molecule has 1 aromatic carbocycles. The number of hydrogen-bond acceptors (Lipinski definition) is 4. The number of nitrogens with one attached hydrogen (secondary N) is 2. The van der Waals surface area contributed by atoms with Gasteiger partial charge in [0.15, 0.2) is 0 Å². The van der Waals surface area contributed by atoms with Crippen molar-refractivity contribution in [2.45, 2.75) is 32.7 Å². The molecule has 0 aliphatic rings. The summed E-state index contributed by atoms with van der Waals surface area (Å²) in [5.41, 5.74) is 1.32. The molecule has 0 saturated carbocycles. The average Bonchev–Trinajstić information content (AvgIpc) is 2.48. The molecule has 2 rings (SSSR count). The minimum Gasteiger partial charge on any atom is -0.364 e. The molecule has 5 nitrogen and oxygen atoms in total. The first kappa shape index (κ1) is 17.2. The molecule has 1 heterocycles. The lowest BCUT2D eigenvalue weighted by atomic mass is 10.1. The Morgan fingerprint density at radius 1 is 1.13 bits per heavy atom. The Morgan fingerprint density at radius 2 is 1.83 bits per heavy atom. The second-order valence-electron chi connectivity index (χ2n) is 6.29. The molecule has 0 unspecified atom stereocenters. The lowest BCUT2D eigenvalue weighted by Crippen LogP contribution is -2.28. The number of carbonyl (C=O) groups excluding carboxylic acids is 1. The lowest BCUT2D eigenvalue weighted by Gasteiger charge is -2.20. The maximum Gasteiger partial charge on any atom is 0.271 e. The van der Waals surface area contributed by atoms with Crippen LogP contribution >= 0.6 is 11.6 Å². The van der Waals surface area contributed by atoms with Crippen LogP contribution in [0.5, 0.6) is 0 Å². The highest BCUT2D eigenvalue weighted by atomic mass is 35.5. The van der Waals surface area contributed by atoms with Crippen molar-refractivity contribution >= 4 is 23.3 Å². The van der Waals surface area contributed by atoms with Crippen LogP contribution in [0.1, 0.15) is 36.8 Å². The molecule has 122 valence electrons. The van der Waals surface area contributed by atoms with Gasteiger partial charge in [0, 0.05) is 17.1 Å². The zero-order valence-electron chi connectivity index (χ0n) is 13.6. The molecule has 0 aliphatic carbocycles. The van der Waals surface area contributed by atoms with E-state index in [2.05, 4.69) is 20.6 Å². The van der Waals surface area contributed by atoms with Crippen LogP contribution in [-0.2, 0) is 6.42 Å². The van der Waals surface area contributed by atoms with Gasteiger partial charge in [-0.25, -0.2) is 9.97 Å². The molecule has 2 N–H and O–H groups in total. The first-order valence-electron chi connectivity index (χ1n) is 7.46. The van der Waals surface area contributed by atoms with Gasteiger partial charge in [-0.2, -0.15) is 0 Å². The number of hydrogen-bond donors (Lipinski definition) is 2. The summed E-state index contributed by atoms with van der Waals surface area (Å²) in [5.74, 6) is 0.420. The Balaban J connectivity index is 1.84. The Bertz CT molecular complexity index is 648. The van der Waals surface area contributed by atoms with Crippen molar-refractivity contribution in [2.75, 3.05) is 11.9 Å². The SMILES string of the molecule is CC(C)(C)Nc1cnc(C(=O)NCCc2ccc(Cl)cc2)cn1. The molecule has 1 amide bonds. The fourth-order valence-electron chi connectivity index (χ4n) is 1.96. The maximum atomic E-state index is 12.0. The minimum atomic E-state index is -0.228. The number of nitrogens with zero attached hydrogens (tertiary/aromatic N) is 2. The Morgan fingerprint density at radius 3 is 2.39 bits per heavy atom. The van der Waals surface area contributed by atoms with Crippen LogP contribution < -0.4 is 10.6 Å².